The summed E-state index contributed by atoms with van der Waals surface area (Å²) in [4.78, 5) is 11.4. The number of anilines is 1. The van der Waals surface area contributed by atoms with Crippen molar-refractivity contribution in [1.82, 2.24) is 0 Å². The molecule has 12 heavy (non-hydrogen) atoms. The van der Waals surface area contributed by atoms with Crippen LogP contribution in [0, 0.1) is 0 Å². The number of benzene rings is 1. The summed E-state index contributed by atoms with van der Waals surface area (Å²) in [6, 6.07) is 7.58. The van der Waals surface area contributed by atoms with Gasteiger partial charge in [-0.15, -0.1) is 0 Å². The molecule has 1 N–H and O–H groups in total. The van der Waals surface area contributed by atoms with Gasteiger partial charge in [-0.05, 0) is 12.1 Å². The van der Waals surface area contributed by atoms with Gasteiger partial charge in [-0.1, -0.05) is 35.5 Å². The highest BCUT2D eigenvalue weighted by Crippen LogP contribution is 2.46. The number of para-hydroxylation sites is 1. The number of fused-ring (bicyclic) bond motifs is 1. The maximum Gasteiger partial charge on any atom is 0.254 e. The van der Waals surface area contributed by atoms with E-state index in [4.69, 9.17) is 11.6 Å². The summed E-state index contributed by atoms with van der Waals surface area (Å²) >= 11 is 7.12. The second-order valence-electron chi connectivity index (χ2n) is 2.42. The maximum atomic E-state index is 10.5. The van der Waals surface area contributed by atoms with Gasteiger partial charge in [0.05, 0.1) is 5.69 Å². The molecular formula is C8H5ClNOS. The van der Waals surface area contributed by atoms with Crippen molar-refractivity contribution < 1.29 is 4.79 Å². The molecule has 1 aliphatic heterocycles. The van der Waals surface area contributed by atoms with E-state index in [1.165, 1.54) is 11.8 Å². The van der Waals surface area contributed by atoms with Crippen molar-refractivity contribution in [2.75, 3.05) is 5.32 Å². The van der Waals surface area contributed by atoms with Gasteiger partial charge in [0.15, 0.2) is 0 Å². The lowest BCUT2D eigenvalue weighted by atomic mass is 10.3. The number of rotatable bonds is 1. The molecule has 0 fully saturated rings. The van der Waals surface area contributed by atoms with E-state index in [1.807, 2.05) is 24.3 Å². The summed E-state index contributed by atoms with van der Waals surface area (Å²) in [5.41, 5.74) is 0.890. The van der Waals surface area contributed by atoms with Crippen molar-refractivity contribution in [1.29, 1.82) is 0 Å². The van der Waals surface area contributed by atoms with Crippen LogP contribution in [0.15, 0.2) is 29.2 Å². The van der Waals surface area contributed by atoms with E-state index in [1.54, 1.807) is 6.29 Å². The molecule has 1 unspecified atom stereocenters. The number of hydrogen-bond acceptors (Lipinski definition) is 3. The van der Waals surface area contributed by atoms with Gasteiger partial charge >= 0.3 is 0 Å². The number of alkyl halides is 1. The number of halogens is 1. The van der Waals surface area contributed by atoms with Crippen molar-refractivity contribution in [2.24, 2.45) is 0 Å². The third-order valence-corrected chi connectivity index (χ3v) is 3.01. The third kappa shape index (κ3) is 1.19. The standard InChI is InChI=1S/C8H5ClNOS/c9-8(5-11)10-6-3-1-2-4-7(6)12-8/h1-4,10H. The lowest BCUT2D eigenvalue weighted by Crippen LogP contribution is -2.24. The van der Waals surface area contributed by atoms with Gasteiger partial charge in [0.2, 0.25) is 4.33 Å². The summed E-state index contributed by atoms with van der Waals surface area (Å²) in [6.45, 7) is 0. The van der Waals surface area contributed by atoms with Crippen molar-refractivity contribution in [3.63, 3.8) is 0 Å². The molecule has 1 aromatic carbocycles. The van der Waals surface area contributed by atoms with Crippen LogP contribution < -0.4 is 5.32 Å². The Kier molecular flexibility index (Phi) is 1.77. The molecule has 0 spiro atoms. The van der Waals surface area contributed by atoms with Gasteiger partial charge in [0.1, 0.15) is 0 Å². The topological polar surface area (TPSA) is 29.1 Å². The number of thioether (sulfide) groups is 1. The molecule has 0 amide bonds. The Labute approximate surface area is 79.3 Å². The van der Waals surface area contributed by atoms with Crippen molar-refractivity contribution >= 4 is 35.3 Å². The van der Waals surface area contributed by atoms with E-state index in [9.17, 15) is 4.79 Å². The molecule has 2 nitrogen and oxygen atoms in total. The molecule has 0 aliphatic carbocycles. The minimum atomic E-state index is -1.12. The highest BCUT2D eigenvalue weighted by atomic mass is 35.5. The average Bonchev–Trinajstić information content (AvgIpc) is 2.42. The van der Waals surface area contributed by atoms with Crippen molar-refractivity contribution in [3.05, 3.63) is 24.3 Å². The van der Waals surface area contributed by atoms with E-state index in [0.29, 0.717) is 0 Å². The van der Waals surface area contributed by atoms with Crippen LogP contribution in [0.4, 0.5) is 5.69 Å². The summed E-state index contributed by atoms with van der Waals surface area (Å²) in [5, 5.41) is 2.87. The molecule has 0 bridgehead atoms. The van der Waals surface area contributed by atoms with Crippen LogP contribution in [0.3, 0.4) is 0 Å². The fourth-order valence-electron chi connectivity index (χ4n) is 1.06. The second-order valence-corrected chi connectivity index (χ2v) is 4.47. The molecule has 61 valence electrons. The van der Waals surface area contributed by atoms with Gasteiger partial charge in [0, 0.05) is 4.90 Å². The van der Waals surface area contributed by atoms with Crippen LogP contribution >= 0.6 is 23.4 Å². The zero-order chi connectivity index (χ0) is 8.60. The molecule has 0 saturated carbocycles. The number of hydrogen-bond donors (Lipinski definition) is 1. The van der Waals surface area contributed by atoms with Crippen molar-refractivity contribution in [3.8, 4) is 0 Å². The zero-order valence-electron chi connectivity index (χ0n) is 6.00. The summed E-state index contributed by atoms with van der Waals surface area (Å²) in [7, 11) is 0. The first-order chi connectivity index (χ1) is 5.73. The molecular weight excluding hydrogens is 194 g/mol. The summed E-state index contributed by atoms with van der Waals surface area (Å²) < 4.78 is -1.12. The molecule has 1 heterocycles. The van der Waals surface area contributed by atoms with Gasteiger partial charge in [-0.2, -0.15) is 0 Å². The lowest BCUT2D eigenvalue weighted by molar-refractivity contribution is 0.553. The van der Waals surface area contributed by atoms with Gasteiger partial charge < -0.3 is 5.32 Å². The van der Waals surface area contributed by atoms with E-state index >= 15 is 0 Å². The number of nitrogens with one attached hydrogen (secondary N) is 1. The van der Waals surface area contributed by atoms with Crippen LogP contribution in [-0.2, 0) is 4.79 Å². The van der Waals surface area contributed by atoms with Gasteiger partial charge in [-0.3, -0.25) is 4.79 Å². The molecule has 1 radical (unpaired) electrons. The van der Waals surface area contributed by atoms with Crippen LogP contribution in [0.1, 0.15) is 0 Å². The minimum Gasteiger partial charge on any atom is -0.351 e. The molecule has 0 saturated heterocycles. The maximum absolute atomic E-state index is 10.5. The second kappa shape index (κ2) is 2.68. The van der Waals surface area contributed by atoms with Crippen LogP contribution in [0.5, 0.6) is 0 Å². The molecule has 1 aromatic rings. The Morgan fingerprint density at radius 1 is 1.50 bits per heavy atom. The average molecular weight is 199 g/mol. The Morgan fingerprint density at radius 3 is 2.92 bits per heavy atom. The lowest BCUT2D eigenvalue weighted by Gasteiger charge is -2.10. The van der Waals surface area contributed by atoms with E-state index in [0.717, 1.165) is 10.6 Å². The first-order valence-electron chi connectivity index (χ1n) is 3.38. The normalized spacial score (nSPS) is 26.1. The Bertz CT molecular complexity index is 304. The van der Waals surface area contributed by atoms with E-state index < -0.39 is 4.33 Å². The monoisotopic (exact) mass is 198 g/mol. The van der Waals surface area contributed by atoms with Gasteiger partial charge in [-0.25, -0.2) is 0 Å². The fraction of sp³-hybridized carbons (Fsp3) is 0.125. The van der Waals surface area contributed by atoms with E-state index in [-0.39, 0.29) is 0 Å². The minimum absolute atomic E-state index is 0.890. The molecule has 0 aromatic heterocycles. The van der Waals surface area contributed by atoms with Crippen LogP contribution in [-0.4, -0.2) is 10.6 Å². The summed E-state index contributed by atoms with van der Waals surface area (Å²) in [6.07, 6.45) is 1.75. The van der Waals surface area contributed by atoms with Crippen LogP contribution in [0.2, 0.25) is 0 Å². The first-order valence-corrected chi connectivity index (χ1v) is 4.57. The molecule has 4 heteroatoms. The smallest absolute Gasteiger partial charge is 0.254 e. The van der Waals surface area contributed by atoms with Crippen LogP contribution in [0.25, 0.3) is 0 Å². The highest BCUT2D eigenvalue weighted by molar-refractivity contribution is 8.03. The summed E-state index contributed by atoms with van der Waals surface area (Å²) in [5.74, 6) is 0. The third-order valence-electron chi connectivity index (χ3n) is 1.56. The molecule has 1 aliphatic rings. The quantitative estimate of drug-likeness (QED) is 0.554. The Balaban J connectivity index is 2.39. The largest absolute Gasteiger partial charge is 0.351 e. The predicted molar refractivity (Wildman–Crippen MR) is 50.2 cm³/mol. The van der Waals surface area contributed by atoms with Gasteiger partial charge in [0.25, 0.3) is 6.29 Å². The molecule has 1 atom stereocenters. The number of carbonyl (C=O) groups excluding carboxylic acids is 1. The Hall–Kier alpha value is -0.670. The van der Waals surface area contributed by atoms with E-state index in [2.05, 4.69) is 5.32 Å². The predicted octanol–water partition coefficient (Wildman–Crippen LogP) is 2.21. The first kappa shape index (κ1) is 7.95. The SMILES string of the molecule is O=[C]C1(Cl)Nc2ccccc2S1. The Morgan fingerprint density at radius 2 is 2.25 bits per heavy atom. The molecule has 2 rings (SSSR count). The highest BCUT2D eigenvalue weighted by Gasteiger charge is 2.36. The van der Waals surface area contributed by atoms with Crippen molar-refractivity contribution in [2.45, 2.75) is 9.23 Å². The fourth-order valence-corrected chi connectivity index (χ4v) is 2.29. The zero-order valence-corrected chi connectivity index (χ0v) is 7.58.